The number of rotatable bonds is 7. The van der Waals surface area contributed by atoms with Gasteiger partial charge in [-0.3, -0.25) is 0 Å². The average molecular weight is 232 g/mol. The molecule has 1 fully saturated rings. The molecule has 0 radical (unpaired) electrons. The van der Waals surface area contributed by atoms with Gasteiger partial charge in [0.2, 0.25) is 0 Å². The van der Waals surface area contributed by atoms with Gasteiger partial charge in [-0.1, -0.05) is 30.3 Å². The molecule has 0 heterocycles. The van der Waals surface area contributed by atoms with E-state index in [1.807, 2.05) is 0 Å². The molecule has 0 amide bonds. The third kappa shape index (κ3) is 4.14. The van der Waals surface area contributed by atoms with E-state index in [2.05, 4.69) is 42.3 Å². The highest BCUT2D eigenvalue weighted by atomic mass is 15.1. The molecule has 1 aromatic carbocycles. The van der Waals surface area contributed by atoms with Gasteiger partial charge in [0, 0.05) is 19.1 Å². The average Bonchev–Trinajstić information content (AvgIpc) is 3.15. The van der Waals surface area contributed by atoms with Gasteiger partial charge in [0.15, 0.2) is 0 Å². The Morgan fingerprint density at radius 2 is 2.00 bits per heavy atom. The maximum atomic E-state index is 5.89. The predicted molar refractivity (Wildman–Crippen MR) is 73.0 cm³/mol. The Hall–Kier alpha value is -0.860. The van der Waals surface area contributed by atoms with E-state index in [0.29, 0.717) is 6.04 Å². The normalized spacial score (nSPS) is 17.4. The van der Waals surface area contributed by atoms with Crippen LogP contribution in [0.2, 0.25) is 0 Å². The lowest BCUT2D eigenvalue weighted by molar-refractivity contribution is 0.226. The first kappa shape index (κ1) is 12.6. The Morgan fingerprint density at radius 3 is 2.59 bits per heavy atom. The summed E-state index contributed by atoms with van der Waals surface area (Å²) in [6.07, 6.45) is 5.14. The zero-order chi connectivity index (χ0) is 12.1. The Labute approximate surface area is 105 Å². The molecule has 0 spiro atoms. The van der Waals surface area contributed by atoms with Gasteiger partial charge in [-0.15, -0.1) is 0 Å². The summed E-state index contributed by atoms with van der Waals surface area (Å²) in [7, 11) is 2.22. The largest absolute Gasteiger partial charge is 0.329 e. The molecule has 1 aliphatic rings. The van der Waals surface area contributed by atoms with E-state index in [0.717, 1.165) is 18.9 Å². The topological polar surface area (TPSA) is 29.3 Å². The monoisotopic (exact) mass is 232 g/mol. The van der Waals surface area contributed by atoms with Crippen LogP contribution >= 0.6 is 0 Å². The molecule has 0 bridgehead atoms. The first-order valence-corrected chi connectivity index (χ1v) is 6.74. The van der Waals surface area contributed by atoms with E-state index in [9.17, 15) is 0 Å². The summed E-state index contributed by atoms with van der Waals surface area (Å²) >= 11 is 0. The van der Waals surface area contributed by atoms with Crippen LogP contribution in [-0.4, -0.2) is 31.1 Å². The standard InChI is InChI=1S/C15H24N2/c1-17(12-14-7-8-14)15(11-16)10-9-13-5-3-2-4-6-13/h2-6,14-15H,7-12,16H2,1H3. The fraction of sp³-hybridized carbons (Fsp3) is 0.600. The number of hydrogen-bond acceptors (Lipinski definition) is 2. The second-order valence-corrected chi connectivity index (χ2v) is 5.30. The van der Waals surface area contributed by atoms with Crippen LogP contribution in [-0.2, 0) is 6.42 Å². The minimum Gasteiger partial charge on any atom is -0.329 e. The summed E-state index contributed by atoms with van der Waals surface area (Å²) in [5, 5.41) is 0. The lowest BCUT2D eigenvalue weighted by Crippen LogP contribution is -2.39. The van der Waals surface area contributed by atoms with Crippen molar-refractivity contribution in [2.24, 2.45) is 11.7 Å². The molecule has 0 saturated heterocycles. The summed E-state index contributed by atoms with van der Waals surface area (Å²) in [5.74, 6) is 0.950. The molecule has 1 atom stereocenters. The van der Waals surface area contributed by atoms with E-state index < -0.39 is 0 Å². The maximum Gasteiger partial charge on any atom is 0.0218 e. The lowest BCUT2D eigenvalue weighted by atomic mass is 10.0. The molecule has 2 N–H and O–H groups in total. The highest BCUT2D eigenvalue weighted by Crippen LogP contribution is 2.30. The lowest BCUT2D eigenvalue weighted by Gasteiger charge is -2.27. The van der Waals surface area contributed by atoms with Crippen molar-refractivity contribution in [3.63, 3.8) is 0 Å². The quantitative estimate of drug-likeness (QED) is 0.781. The van der Waals surface area contributed by atoms with Crippen LogP contribution in [0, 0.1) is 5.92 Å². The van der Waals surface area contributed by atoms with Crippen LogP contribution in [0.5, 0.6) is 0 Å². The van der Waals surface area contributed by atoms with E-state index in [-0.39, 0.29) is 0 Å². The molecule has 1 unspecified atom stereocenters. The van der Waals surface area contributed by atoms with Crippen molar-refractivity contribution in [3.8, 4) is 0 Å². The van der Waals surface area contributed by atoms with Crippen molar-refractivity contribution in [2.75, 3.05) is 20.1 Å². The zero-order valence-electron chi connectivity index (χ0n) is 10.8. The molecule has 1 aromatic rings. The molecule has 2 heteroatoms. The molecule has 2 rings (SSSR count). The number of hydrogen-bond donors (Lipinski definition) is 1. The van der Waals surface area contributed by atoms with Crippen LogP contribution < -0.4 is 5.73 Å². The fourth-order valence-corrected chi connectivity index (χ4v) is 2.35. The molecular formula is C15H24N2. The molecule has 0 aliphatic heterocycles. The van der Waals surface area contributed by atoms with Crippen molar-refractivity contribution in [1.82, 2.24) is 4.90 Å². The van der Waals surface area contributed by atoms with E-state index >= 15 is 0 Å². The molecule has 94 valence electrons. The van der Waals surface area contributed by atoms with Crippen LogP contribution in [0.3, 0.4) is 0 Å². The summed E-state index contributed by atoms with van der Waals surface area (Å²) in [6, 6.07) is 11.2. The van der Waals surface area contributed by atoms with Crippen LogP contribution in [0.25, 0.3) is 0 Å². The van der Waals surface area contributed by atoms with Gasteiger partial charge in [0.05, 0.1) is 0 Å². The summed E-state index contributed by atoms with van der Waals surface area (Å²) in [6.45, 7) is 2.01. The number of benzene rings is 1. The Morgan fingerprint density at radius 1 is 1.29 bits per heavy atom. The first-order valence-electron chi connectivity index (χ1n) is 6.74. The van der Waals surface area contributed by atoms with Gasteiger partial charge in [0.1, 0.15) is 0 Å². The second kappa shape index (κ2) is 6.18. The number of aryl methyl sites for hydroxylation is 1. The summed E-state index contributed by atoms with van der Waals surface area (Å²) in [5.41, 5.74) is 7.31. The first-order chi connectivity index (χ1) is 8.29. The third-order valence-electron chi connectivity index (χ3n) is 3.75. The summed E-state index contributed by atoms with van der Waals surface area (Å²) < 4.78 is 0. The highest BCUT2D eigenvalue weighted by molar-refractivity contribution is 5.14. The molecule has 0 aromatic heterocycles. The molecule has 2 nitrogen and oxygen atoms in total. The highest BCUT2D eigenvalue weighted by Gasteiger charge is 2.25. The van der Waals surface area contributed by atoms with Gasteiger partial charge in [-0.2, -0.15) is 0 Å². The van der Waals surface area contributed by atoms with Crippen LogP contribution in [0.15, 0.2) is 30.3 Å². The van der Waals surface area contributed by atoms with Gasteiger partial charge < -0.3 is 10.6 Å². The zero-order valence-corrected chi connectivity index (χ0v) is 10.8. The minimum absolute atomic E-state index is 0.538. The number of nitrogens with two attached hydrogens (primary N) is 1. The van der Waals surface area contributed by atoms with Gasteiger partial charge in [-0.05, 0) is 44.2 Å². The van der Waals surface area contributed by atoms with Gasteiger partial charge in [0.25, 0.3) is 0 Å². The van der Waals surface area contributed by atoms with E-state index in [1.54, 1.807) is 0 Å². The predicted octanol–water partition coefficient (Wildman–Crippen LogP) is 2.29. The SMILES string of the molecule is CN(CC1CC1)C(CN)CCc1ccccc1. The smallest absolute Gasteiger partial charge is 0.0218 e. The Bertz CT molecular complexity index is 319. The van der Waals surface area contributed by atoms with Crippen LogP contribution in [0.1, 0.15) is 24.8 Å². The maximum absolute atomic E-state index is 5.89. The van der Waals surface area contributed by atoms with Crippen molar-refractivity contribution in [2.45, 2.75) is 31.7 Å². The Kier molecular flexibility index (Phi) is 4.57. The molecule has 1 aliphatic carbocycles. The molecule has 17 heavy (non-hydrogen) atoms. The molecule has 1 saturated carbocycles. The number of nitrogens with zero attached hydrogens (tertiary/aromatic N) is 1. The molecular weight excluding hydrogens is 208 g/mol. The van der Waals surface area contributed by atoms with E-state index in [4.69, 9.17) is 5.73 Å². The second-order valence-electron chi connectivity index (χ2n) is 5.30. The van der Waals surface area contributed by atoms with Crippen molar-refractivity contribution in [3.05, 3.63) is 35.9 Å². The fourth-order valence-electron chi connectivity index (χ4n) is 2.35. The number of likely N-dealkylation sites (N-methyl/N-ethyl adjacent to an activating group) is 1. The Balaban J connectivity index is 1.78. The van der Waals surface area contributed by atoms with Crippen molar-refractivity contribution >= 4 is 0 Å². The van der Waals surface area contributed by atoms with E-state index in [1.165, 1.54) is 31.4 Å². The summed E-state index contributed by atoms with van der Waals surface area (Å²) in [4.78, 5) is 2.46. The van der Waals surface area contributed by atoms with Crippen molar-refractivity contribution < 1.29 is 0 Å². The minimum atomic E-state index is 0.538. The van der Waals surface area contributed by atoms with Gasteiger partial charge >= 0.3 is 0 Å². The third-order valence-corrected chi connectivity index (χ3v) is 3.75. The van der Waals surface area contributed by atoms with Crippen molar-refractivity contribution in [1.29, 1.82) is 0 Å². The van der Waals surface area contributed by atoms with Gasteiger partial charge in [-0.25, -0.2) is 0 Å². The van der Waals surface area contributed by atoms with Crippen LogP contribution in [0.4, 0.5) is 0 Å².